The molecule has 1 aliphatic rings. The zero-order valence-electron chi connectivity index (χ0n) is 13.9. The third-order valence-electron chi connectivity index (χ3n) is 4.27. The summed E-state index contributed by atoms with van der Waals surface area (Å²) in [4.78, 5) is 2.59. The molecule has 2 heterocycles. The van der Waals surface area contributed by atoms with Gasteiger partial charge in [0.1, 0.15) is 6.67 Å². The maximum atomic E-state index is 5.22. The molecule has 1 aromatic heterocycles. The Morgan fingerprint density at radius 1 is 1.30 bits per heavy atom. The number of hydrogen-bond acceptors (Lipinski definition) is 5. The first-order valence-corrected chi connectivity index (χ1v) is 8.90. The van der Waals surface area contributed by atoms with Crippen LogP contribution in [0, 0.1) is 5.92 Å². The maximum absolute atomic E-state index is 5.22. The van der Waals surface area contributed by atoms with Gasteiger partial charge in [-0.1, -0.05) is 24.4 Å². The van der Waals surface area contributed by atoms with Crippen LogP contribution < -0.4 is 0 Å². The first kappa shape index (κ1) is 18.1. The molecule has 1 aliphatic heterocycles. The van der Waals surface area contributed by atoms with Gasteiger partial charge in [0.2, 0.25) is 0 Å². The van der Waals surface area contributed by atoms with E-state index < -0.39 is 0 Å². The van der Waals surface area contributed by atoms with Crippen LogP contribution in [0.1, 0.15) is 39.0 Å². The minimum atomic E-state index is 0.374. The van der Waals surface area contributed by atoms with Gasteiger partial charge in [0.15, 0.2) is 5.82 Å². The second-order valence-electron chi connectivity index (χ2n) is 6.13. The molecule has 0 radical (unpaired) electrons. The lowest BCUT2D eigenvalue weighted by atomic mass is 9.98. The van der Waals surface area contributed by atoms with E-state index in [0.717, 1.165) is 18.9 Å². The van der Waals surface area contributed by atoms with Gasteiger partial charge in [-0.25, -0.2) is 0 Å². The summed E-state index contributed by atoms with van der Waals surface area (Å²) in [7, 11) is 0. The van der Waals surface area contributed by atoms with E-state index in [1.807, 2.05) is 22.9 Å². The fraction of sp³-hybridized carbons (Fsp3) is 0.750. The fourth-order valence-electron chi connectivity index (χ4n) is 3.03. The Bertz CT molecular complexity index is 499. The number of hydrogen-bond donors (Lipinski definition) is 0. The second kappa shape index (κ2) is 10.5. The van der Waals surface area contributed by atoms with Crippen molar-refractivity contribution in [1.82, 2.24) is 9.47 Å². The Hall–Kier alpha value is -1.27. The molecule has 2 rings (SSSR count). The molecule has 1 atom stereocenters. The number of unbranched alkanes of at least 4 members (excludes halogenated alkanes) is 2. The average Bonchev–Trinajstić information content (AvgIpc) is 3.01. The van der Waals surface area contributed by atoms with Gasteiger partial charge >= 0.3 is 0 Å². The standard InChI is InChI=1S/C16H27ClN6/c1-2-3-4-9-22-10-5-7-15(13-22)12-18-20-16-8-6-11-23(16)14-19-21-17/h6,8,11,15H,2-5,7,9-10,12-14H2,1H3. The number of piperidine rings is 1. The van der Waals surface area contributed by atoms with Crippen LogP contribution in [0.3, 0.4) is 0 Å². The highest BCUT2D eigenvalue weighted by Crippen LogP contribution is 2.19. The molecule has 1 unspecified atom stereocenters. The summed E-state index contributed by atoms with van der Waals surface area (Å²) in [6.45, 7) is 7.05. The molecule has 0 aliphatic carbocycles. The first-order valence-electron chi connectivity index (χ1n) is 8.56. The number of halogens is 1. The van der Waals surface area contributed by atoms with Gasteiger partial charge in [0.25, 0.3) is 0 Å². The Kier molecular flexibility index (Phi) is 8.25. The molecule has 6 nitrogen and oxygen atoms in total. The largest absolute Gasteiger partial charge is 0.309 e. The fourth-order valence-corrected chi connectivity index (χ4v) is 3.07. The molecule has 0 bridgehead atoms. The summed E-state index contributed by atoms with van der Waals surface area (Å²) in [5, 5.41) is 12.5. The van der Waals surface area contributed by atoms with Crippen molar-refractivity contribution in [2.24, 2.45) is 25.9 Å². The van der Waals surface area contributed by atoms with Crippen LogP contribution in [0.15, 0.2) is 38.3 Å². The zero-order valence-corrected chi connectivity index (χ0v) is 14.7. The van der Waals surface area contributed by atoms with E-state index in [1.165, 1.54) is 45.2 Å². The van der Waals surface area contributed by atoms with Crippen molar-refractivity contribution in [3.8, 4) is 0 Å². The van der Waals surface area contributed by atoms with Crippen LogP contribution in [0.2, 0.25) is 0 Å². The van der Waals surface area contributed by atoms with Crippen molar-refractivity contribution >= 4 is 17.6 Å². The summed E-state index contributed by atoms with van der Waals surface area (Å²) in [6.07, 6.45) is 8.36. The number of likely N-dealkylation sites (tertiary alicyclic amines) is 1. The maximum Gasteiger partial charge on any atom is 0.156 e. The number of azo groups is 1. The SMILES string of the molecule is CCCCCN1CCCC(CN=Nc2cccn2CN=NCl)C1. The molecule has 0 spiro atoms. The molecule has 7 heteroatoms. The van der Waals surface area contributed by atoms with Gasteiger partial charge in [0, 0.05) is 12.7 Å². The summed E-state index contributed by atoms with van der Waals surface area (Å²) in [6, 6.07) is 3.85. The lowest BCUT2D eigenvalue weighted by Crippen LogP contribution is -2.37. The number of rotatable bonds is 9. The Morgan fingerprint density at radius 2 is 2.22 bits per heavy atom. The Morgan fingerprint density at radius 3 is 3.04 bits per heavy atom. The van der Waals surface area contributed by atoms with Crippen molar-refractivity contribution in [3.05, 3.63) is 18.3 Å². The van der Waals surface area contributed by atoms with Gasteiger partial charge < -0.3 is 9.47 Å². The lowest BCUT2D eigenvalue weighted by Gasteiger charge is -2.31. The van der Waals surface area contributed by atoms with Crippen LogP contribution in [0.25, 0.3) is 0 Å². The molecular weight excluding hydrogens is 312 g/mol. The summed E-state index contributed by atoms with van der Waals surface area (Å²) in [5.41, 5.74) is 0. The molecule has 128 valence electrons. The smallest absolute Gasteiger partial charge is 0.156 e. The van der Waals surface area contributed by atoms with Crippen LogP contribution >= 0.6 is 11.8 Å². The average molecular weight is 339 g/mol. The van der Waals surface area contributed by atoms with E-state index in [0.29, 0.717) is 12.6 Å². The normalized spacial score (nSPS) is 20.0. The third kappa shape index (κ3) is 6.39. The molecule has 1 aromatic rings. The van der Waals surface area contributed by atoms with Crippen LogP contribution in [0.5, 0.6) is 0 Å². The van der Waals surface area contributed by atoms with Crippen LogP contribution in [-0.2, 0) is 6.67 Å². The van der Waals surface area contributed by atoms with E-state index >= 15 is 0 Å². The summed E-state index contributed by atoms with van der Waals surface area (Å²) in [5.74, 6) is 1.42. The molecule has 1 fully saturated rings. The lowest BCUT2D eigenvalue weighted by molar-refractivity contribution is 0.175. The van der Waals surface area contributed by atoms with E-state index in [2.05, 4.69) is 31.8 Å². The minimum absolute atomic E-state index is 0.374. The first-order chi connectivity index (χ1) is 11.3. The highest BCUT2D eigenvalue weighted by molar-refractivity contribution is 6.13. The summed E-state index contributed by atoms with van der Waals surface area (Å²) < 4.78 is 5.11. The minimum Gasteiger partial charge on any atom is -0.309 e. The van der Waals surface area contributed by atoms with Crippen molar-refractivity contribution in [2.75, 3.05) is 26.2 Å². The Balaban J connectivity index is 1.77. The molecule has 0 saturated carbocycles. The molecule has 0 amide bonds. The van der Waals surface area contributed by atoms with E-state index in [9.17, 15) is 0 Å². The molecule has 23 heavy (non-hydrogen) atoms. The van der Waals surface area contributed by atoms with Crippen LogP contribution in [-0.4, -0.2) is 35.6 Å². The van der Waals surface area contributed by atoms with E-state index in [-0.39, 0.29) is 0 Å². The van der Waals surface area contributed by atoms with Crippen molar-refractivity contribution < 1.29 is 0 Å². The number of nitrogens with zero attached hydrogens (tertiary/aromatic N) is 6. The van der Waals surface area contributed by atoms with Gasteiger partial charge in [-0.05, 0) is 50.4 Å². The second-order valence-corrected chi connectivity index (χ2v) is 6.29. The van der Waals surface area contributed by atoms with Gasteiger partial charge in [-0.15, -0.1) is 5.11 Å². The molecule has 0 aromatic carbocycles. The zero-order chi connectivity index (χ0) is 16.3. The third-order valence-corrected chi connectivity index (χ3v) is 4.38. The number of aromatic nitrogens is 1. The predicted molar refractivity (Wildman–Crippen MR) is 93.2 cm³/mol. The van der Waals surface area contributed by atoms with Gasteiger partial charge in [-0.3, -0.25) is 0 Å². The Labute approximate surface area is 143 Å². The summed E-state index contributed by atoms with van der Waals surface area (Å²) >= 11 is 5.22. The monoisotopic (exact) mass is 338 g/mol. The highest BCUT2D eigenvalue weighted by atomic mass is 35.5. The van der Waals surface area contributed by atoms with Gasteiger partial charge in [0.05, 0.1) is 18.3 Å². The van der Waals surface area contributed by atoms with Crippen LogP contribution in [0.4, 0.5) is 5.82 Å². The van der Waals surface area contributed by atoms with Gasteiger partial charge in [-0.2, -0.15) is 10.2 Å². The quantitative estimate of drug-likeness (QED) is 0.459. The highest BCUT2D eigenvalue weighted by Gasteiger charge is 2.19. The van der Waals surface area contributed by atoms with E-state index in [1.54, 1.807) is 0 Å². The predicted octanol–water partition coefficient (Wildman–Crippen LogP) is 5.04. The van der Waals surface area contributed by atoms with Crippen molar-refractivity contribution in [3.63, 3.8) is 0 Å². The molecule has 0 N–H and O–H groups in total. The topological polar surface area (TPSA) is 57.6 Å². The van der Waals surface area contributed by atoms with Crippen molar-refractivity contribution in [2.45, 2.75) is 45.7 Å². The molecule has 1 saturated heterocycles. The van der Waals surface area contributed by atoms with Crippen molar-refractivity contribution in [1.29, 1.82) is 0 Å². The molecular formula is C16H27ClN6. The van der Waals surface area contributed by atoms with E-state index in [4.69, 9.17) is 11.8 Å².